The third-order valence-corrected chi connectivity index (χ3v) is 4.49. The fraction of sp³-hybridized carbons (Fsp3) is 0.500. The van der Waals surface area contributed by atoms with Gasteiger partial charge in [0.2, 0.25) is 0 Å². The summed E-state index contributed by atoms with van der Waals surface area (Å²) in [4.78, 5) is 14.8. The van der Waals surface area contributed by atoms with Gasteiger partial charge in [-0.3, -0.25) is 4.79 Å². The molecule has 0 saturated heterocycles. The number of hydrogen-bond donors (Lipinski definition) is 2. The van der Waals surface area contributed by atoms with E-state index in [0.29, 0.717) is 12.3 Å². The van der Waals surface area contributed by atoms with Crippen LogP contribution in [0.5, 0.6) is 0 Å². The number of carbonyl (C=O) groups is 1. The van der Waals surface area contributed by atoms with Crippen molar-refractivity contribution in [3.05, 3.63) is 35.6 Å². The quantitative estimate of drug-likeness (QED) is 0.909. The van der Waals surface area contributed by atoms with Gasteiger partial charge in [-0.25, -0.2) is 0 Å². The first-order valence-electron chi connectivity index (χ1n) is 8.26. The molecule has 1 heterocycles. The topological polar surface area (TPSA) is 71.5 Å². The Bertz CT molecular complexity index is 685. The summed E-state index contributed by atoms with van der Waals surface area (Å²) in [6, 6.07) is 8.29. The van der Waals surface area contributed by atoms with E-state index in [1.807, 2.05) is 43.3 Å². The molecule has 1 aliphatic rings. The highest BCUT2D eigenvalue weighted by molar-refractivity contribution is 5.99. The predicted octanol–water partition coefficient (Wildman–Crippen LogP) is 2.49. The van der Waals surface area contributed by atoms with Gasteiger partial charge in [-0.1, -0.05) is 18.2 Å². The summed E-state index contributed by atoms with van der Waals surface area (Å²) >= 11 is 0. The van der Waals surface area contributed by atoms with Crippen LogP contribution in [0.2, 0.25) is 0 Å². The number of benzene rings is 1. The van der Waals surface area contributed by atoms with E-state index >= 15 is 0 Å². The molecule has 5 heteroatoms. The Balaban J connectivity index is 1.84. The minimum absolute atomic E-state index is 0.112. The van der Waals surface area contributed by atoms with Crippen molar-refractivity contribution in [2.45, 2.75) is 44.3 Å². The van der Waals surface area contributed by atoms with Crippen LogP contribution >= 0.6 is 0 Å². The number of nitrogens with zero attached hydrogens (tertiary/aromatic N) is 1. The molecule has 1 aliphatic carbocycles. The summed E-state index contributed by atoms with van der Waals surface area (Å²) in [5.74, 6) is 0.327. The first-order valence-corrected chi connectivity index (χ1v) is 8.26. The van der Waals surface area contributed by atoms with Gasteiger partial charge in [0.05, 0.1) is 0 Å². The van der Waals surface area contributed by atoms with Crippen LogP contribution in [0.25, 0.3) is 11.0 Å². The minimum Gasteiger partial charge on any atom is -0.451 e. The number of hydrogen-bond acceptors (Lipinski definition) is 4. The summed E-state index contributed by atoms with van der Waals surface area (Å²) in [6.45, 7) is 0.676. The molecular formula is C18H25N3O2. The van der Waals surface area contributed by atoms with Gasteiger partial charge >= 0.3 is 0 Å². The Morgan fingerprint density at radius 2 is 1.96 bits per heavy atom. The van der Waals surface area contributed by atoms with E-state index in [4.69, 9.17) is 10.2 Å². The minimum atomic E-state index is -0.112. The smallest absolute Gasteiger partial charge is 0.287 e. The van der Waals surface area contributed by atoms with Crippen LogP contribution in [-0.2, 0) is 6.54 Å². The highest BCUT2D eigenvalue weighted by Gasteiger charge is 2.25. The van der Waals surface area contributed by atoms with Gasteiger partial charge in [-0.15, -0.1) is 0 Å². The molecule has 1 amide bonds. The van der Waals surface area contributed by atoms with Crippen molar-refractivity contribution in [2.75, 3.05) is 14.1 Å². The summed E-state index contributed by atoms with van der Waals surface area (Å²) < 4.78 is 5.86. The second-order valence-corrected chi connectivity index (χ2v) is 6.73. The predicted molar refractivity (Wildman–Crippen MR) is 91.3 cm³/mol. The summed E-state index contributed by atoms with van der Waals surface area (Å²) in [7, 11) is 3.98. The summed E-state index contributed by atoms with van der Waals surface area (Å²) in [6.07, 6.45) is 3.82. The maximum absolute atomic E-state index is 12.7. The normalized spacial score (nSPS) is 21.7. The van der Waals surface area contributed by atoms with E-state index in [-0.39, 0.29) is 18.0 Å². The number of nitrogens with one attached hydrogen (secondary N) is 1. The largest absolute Gasteiger partial charge is 0.451 e. The van der Waals surface area contributed by atoms with Gasteiger partial charge in [0.25, 0.3) is 5.91 Å². The van der Waals surface area contributed by atoms with Crippen LogP contribution in [0.15, 0.2) is 28.7 Å². The van der Waals surface area contributed by atoms with Gasteiger partial charge in [-0.05, 0) is 45.8 Å². The van der Waals surface area contributed by atoms with Crippen LogP contribution in [-0.4, -0.2) is 37.0 Å². The molecule has 0 spiro atoms. The highest BCUT2D eigenvalue weighted by atomic mass is 16.3. The highest BCUT2D eigenvalue weighted by Crippen LogP contribution is 2.27. The van der Waals surface area contributed by atoms with Crippen LogP contribution in [0, 0.1) is 0 Å². The number of amides is 1. The van der Waals surface area contributed by atoms with Gasteiger partial charge < -0.3 is 20.4 Å². The molecule has 1 aromatic heterocycles. The van der Waals surface area contributed by atoms with Crippen LogP contribution in [0.1, 0.15) is 41.8 Å². The maximum atomic E-state index is 12.7. The van der Waals surface area contributed by atoms with Crippen molar-refractivity contribution in [1.82, 2.24) is 10.2 Å². The fourth-order valence-corrected chi connectivity index (χ4v) is 3.27. The Kier molecular flexibility index (Phi) is 4.68. The van der Waals surface area contributed by atoms with Crippen molar-refractivity contribution in [3.8, 4) is 0 Å². The van der Waals surface area contributed by atoms with E-state index in [9.17, 15) is 4.79 Å². The Morgan fingerprint density at radius 3 is 2.65 bits per heavy atom. The van der Waals surface area contributed by atoms with E-state index in [0.717, 1.165) is 42.2 Å². The molecule has 0 radical (unpaired) electrons. The first kappa shape index (κ1) is 16.0. The Morgan fingerprint density at radius 1 is 1.26 bits per heavy atom. The number of furan rings is 1. The number of para-hydroxylation sites is 1. The van der Waals surface area contributed by atoms with Crippen molar-refractivity contribution in [1.29, 1.82) is 0 Å². The lowest BCUT2D eigenvalue weighted by Gasteiger charge is -2.26. The van der Waals surface area contributed by atoms with Crippen molar-refractivity contribution >= 4 is 16.9 Å². The number of nitrogens with two attached hydrogens (primary N) is 1. The standard InChI is InChI=1S/C18H25N3O2/c1-21(2)11-15-14-5-3-4-6-16(14)23-17(15)18(22)20-13-9-7-12(19)8-10-13/h3-6,12-13H,7-11,19H2,1-2H3,(H,20,22). The average molecular weight is 315 g/mol. The monoisotopic (exact) mass is 315 g/mol. The van der Waals surface area contributed by atoms with E-state index in [2.05, 4.69) is 5.32 Å². The zero-order valence-electron chi connectivity index (χ0n) is 13.8. The van der Waals surface area contributed by atoms with Crippen LogP contribution in [0.3, 0.4) is 0 Å². The summed E-state index contributed by atoms with van der Waals surface area (Å²) in [5, 5.41) is 4.13. The molecule has 1 aromatic carbocycles. The lowest BCUT2D eigenvalue weighted by Crippen LogP contribution is -2.40. The Labute approximate surface area is 136 Å². The van der Waals surface area contributed by atoms with E-state index < -0.39 is 0 Å². The number of fused-ring (bicyclic) bond motifs is 1. The third kappa shape index (κ3) is 3.57. The second-order valence-electron chi connectivity index (χ2n) is 6.73. The first-order chi connectivity index (χ1) is 11.0. The molecule has 1 fully saturated rings. The molecule has 124 valence electrons. The number of carbonyl (C=O) groups excluding carboxylic acids is 1. The zero-order valence-corrected chi connectivity index (χ0v) is 13.8. The van der Waals surface area contributed by atoms with Gasteiger partial charge in [0.1, 0.15) is 5.58 Å². The maximum Gasteiger partial charge on any atom is 0.287 e. The molecular weight excluding hydrogens is 290 g/mol. The van der Waals surface area contributed by atoms with Gasteiger partial charge in [0, 0.05) is 29.6 Å². The molecule has 23 heavy (non-hydrogen) atoms. The molecule has 0 bridgehead atoms. The van der Waals surface area contributed by atoms with Gasteiger partial charge in [-0.2, -0.15) is 0 Å². The van der Waals surface area contributed by atoms with Crippen molar-refractivity contribution in [2.24, 2.45) is 5.73 Å². The molecule has 3 N–H and O–H groups in total. The molecule has 3 rings (SSSR count). The van der Waals surface area contributed by atoms with E-state index in [1.165, 1.54) is 0 Å². The lowest BCUT2D eigenvalue weighted by molar-refractivity contribution is 0.0897. The average Bonchev–Trinajstić information content (AvgIpc) is 2.88. The molecule has 2 aromatic rings. The zero-order chi connectivity index (χ0) is 16.4. The SMILES string of the molecule is CN(C)Cc1c(C(=O)NC2CCC(N)CC2)oc2ccccc12. The summed E-state index contributed by atoms with van der Waals surface area (Å²) in [5.41, 5.74) is 7.65. The molecule has 0 unspecified atom stereocenters. The van der Waals surface area contributed by atoms with Crippen molar-refractivity contribution in [3.63, 3.8) is 0 Å². The molecule has 5 nitrogen and oxygen atoms in total. The Hall–Kier alpha value is -1.85. The van der Waals surface area contributed by atoms with E-state index in [1.54, 1.807) is 0 Å². The third-order valence-electron chi connectivity index (χ3n) is 4.49. The number of rotatable bonds is 4. The lowest BCUT2D eigenvalue weighted by atomic mass is 9.92. The van der Waals surface area contributed by atoms with Crippen LogP contribution < -0.4 is 11.1 Å². The van der Waals surface area contributed by atoms with Crippen molar-refractivity contribution < 1.29 is 9.21 Å². The second kappa shape index (κ2) is 6.72. The fourth-order valence-electron chi connectivity index (χ4n) is 3.27. The van der Waals surface area contributed by atoms with Gasteiger partial charge in [0.15, 0.2) is 5.76 Å². The molecule has 0 atom stereocenters. The molecule has 1 saturated carbocycles. The molecule has 0 aliphatic heterocycles. The van der Waals surface area contributed by atoms with Crippen LogP contribution in [0.4, 0.5) is 0 Å².